The fourth-order valence-electron chi connectivity index (χ4n) is 5.06. The number of hydrogen-bond acceptors (Lipinski definition) is 0. The van der Waals surface area contributed by atoms with Crippen LogP contribution in [0.25, 0.3) is 0 Å². The lowest BCUT2D eigenvalue weighted by Gasteiger charge is -2.17. The summed E-state index contributed by atoms with van der Waals surface area (Å²) in [6, 6.07) is 0. The SMILES string of the molecule is CCC(C)CCCC(C)CCCC(C)CCCC(C)CCCC(C)CCCC(C)CC. The van der Waals surface area contributed by atoms with E-state index in [0.717, 1.165) is 35.5 Å². The third-order valence-electron chi connectivity index (χ3n) is 8.36. The fraction of sp³-hybridized carbons (Fsp3) is 1.00. The van der Waals surface area contributed by atoms with Crippen molar-refractivity contribution in [3.05, 3.63) is 0 Å². The molecule has 0 spiro atoms. The normalized spacial score (nSPS) is 17.8. The second-order valence-corrected chi connectivity index (χ2v) is 12.1. The van der Waals surface area contributed by atoms with Crippen molar-refractivity contribution in [2.45, 2.75) is 165 Å². The first-order chi connectivity index (χ1) is 14.8. The molecule has 0 amide bonds. The van der Waals surface area contributed by atoms with Crippen molar-refractivity contribution in [3.8, 4) is 0 Å². The second-order valence-electron chi connectivity index (χ2n) is 12.1. The summed E-state index contributed by atoms with van der Waals surface area (Å²) in [6.45, 7) is 19.4. The average molecular weight is 437 g/mol. The smallest absolute Gasteiger partial charge is 0.0443 e. The van der Waals surface area contributed by atoms with Crippen LogP contribution in [-0.2, 0) is 0 Å². The highest BCUT2D eigenvalue weighted by Gasteiger charge is 2.10. The third-order valence-corrected chi connectivity index (χ3v) is 8.36. The molecular formula is C31H64. The maximum Gasteiger partial charge on any atom is -0.0443 e. The van der Waals surface area contributed by atoms with Crippen molar-refractivity contribution in [2.24, 2.45) is 35.5 Å². The van der Waals surface area contributed by atoms with E-state index in [0.29, 0.717) is 0 Å². The first-order valence-electron chi connectivity index (χ1n) is 14.8. The molecule has 0 saturated heterocycles. The van der Waals surface area contributed by atoms with E-state index in [1.807, 2.05) is 0 Å². The molecule has 6 unspecified atom stereocenters. The van der Waals surface area contributed by atoms with E-state index in [9.17, 15) is 0 Å². The molecule has 0 saturated carbocycles. The van der Waals surface area contributed by atoms with Crippen molar-refractivity contribution >= 4 is 0 Å². The van der Waals surface area contributed by atoms with E-state index in [1.165, 1.54) is 109 Å². The molecule has 6 atom stereocenters. The van der Waals surface area contributed by atoms with E-state index in [1.54, 1.807) is 0 Å². The molecule has 0 aliphatic rings. The fourth-order valence-corrected chi connectivity index (χ4v) is 5.06. The van der Waals surface area contributed by atoms with E-state index < -0.39 is 0 Å². The van der Waals surface area contributed by atoms with Crippen molar-refractivity contribution in [1.29, 1.82) is 0 Å². The van der Waals surface area contributed by atoms with Gasteiger partial charge in [0.1, 0.15) is 0 Å². The quantitative estimate of drug-likeness (QED) is 0.158. The van der Waals surface area contributed by atoms with Gasteiger partial charge in [0.15, 0.2) is 0 Å². The van der Waals surface area contributed by atoms with Gasteiger partial charge in [-0.3, -0.25) is 0 Å². The van der Waals surface area contributed by atoms with Gasteiger partial charge in [-0.15, -0.1) is 0 Å². The van der Waals surface area contributed by atoms with Crippen LogP contribution >= 0.6 is 0 Å². The minimum atomic E-state index is 0.928. The average Bonchev–Trinajstić information content (AvgIpc) is 2.73. The Hall–Kier alpha value is 0. The summed E-state index contributed by atoms with van der Waals surface area (Å²) in [7, 11) is 0. The van der Waals surface area contributed by atoms with E-state index >= 15 is 0 Å². The molecule has 0 aliphatic heterocycles. The Kier molecular flexibility index (Phi) is 20.6. The summed E-state index contributed by atoms with van der Waals surface area (Å²) < 4.78 is 0. The molecule has 0 rings (SSSR count). The molecule has 0 heterocycles. The minimum absolute atomic E-state index is 0.928. The molecule has 0 aliphatic carbocycles. The molecule has 0 N–H and O–H groups in total. The zero-order valence-electron chi connectivity index (χ0n) is 23.5. The summed E-state index contributed by atoms with van der Waals surface area (Å²) >= 11 is 0. The monoisotopic (exact) mass is 437 g/mol. The highest BCUT2D eigenvalue weighted by atomic mass is 14.2. The maximum absolute atomic E-state index is 2.50. The van der Waals surface area contributed by atoms with Crippen LogP contribution in [-0.4, -0.2) is 0 Å². The van der Waals surface area contributed by atoms with Gasteiger partial charge in [0.2, 0.25) is 0 Å². The highest BCUT2D eigenvalue weighted by molar-refractivity contribution is 4.63. The van der Waals surface area contributed by atoms with Crippen molar-refractivity contribution in [3.63, 3.8) is 0 Å². The minimum Gasteiger partial charge on any atom is -0.0651 e. The third kappa shape index (κ3) is 20.3. The largest absolute Gasteiger partial charge is 0.0651 e. The molecule has 188 valence electrons. The topological polar surface area (TPSA) is 0 Å². The van der Waals surface area contributed by atoms with Crippen LogP contribution in [0.2, 0.25) is 0 Å². The summed E-state index contributed by atoms with van der Waals surface area (Å²) in [6.07, 6.45) is 24.5. The van der Waals surface area contributed by atoms with Crippen LogP contribution in [0, 0.1) is 35.5 Å². The van der Waals surface area contributed by atoms with Gasteiger partial charge in [0.25, 0.3) is 0 Å². The Balaban J connectivity index is 3.60. The Morgan fingerprint density at radius 2 is 0.452 bits per heavy atom. The highest BCUT2D eigenvalue weighted by Crippen LogP contribution is 2.25. The summed E-state index contributed by atoms with van der Waals surface area (Å²) in [4.78, 5) is 0. The van der Waals surface area contributed by atoms with Crippen LogP contribution in [0.5, 0.6) is 0 Å². The van der Waals surface area contributed by atoms with Crippen LogP contribution in [0.1, 0.15) is 165 Å². The van der Waals surface area contributed by atoms with Gasteiger partial charge >= 0.3 is 0 Å². The maximum atomic E-state index is 2.50. The van der Waals surface area contributed by atoms with Gasteiger partial charge in [0.05, 0.1) is 0 Å². The molecule has 0 fully saturated rings. The molecule has 0 nitrogen and oxygen atoms in total. The van der Waals surface area contributed by atoms with Crippen molar-refractivity contribution in [1.82, 2.24) is 0 Å². The summed E-state index contributed by atoms with van der Waals surface area (Å²) in [5, 5.41) is 0. The molecular weight excluding hydrogens is 372 g/mol. The van der Waals surface area contributed by atoms with Gasteiger partial charge in [-0.1, -0.05) is 165 Å². The lowest BCUT2D eigenvalue weighted by atomic mass is 9.89. The molecule has 0 radical (unpaired) electrons. The lowest BCUT2D eigenvalue weighted by molar-refractivity contribution is 0.359. The summed E-state index contributed by atoms with van der Waals surface area (Å²) in [5.41, 5.74) is 0. The number of rotatable bonds is 22. The van der Waals surface area contributed by atoms with Crippen molar-refractivity contribution in [2.75, 3.05) is 0 Å². The Morgan fingerprint density at radius 3 is 0.613 bits per heavy atom. The van der Waals surface area contributed by atoms with E-state index in [2.05, 4.69) is 55.4 Å². The Labute approximate surface area is 200 Å². The number of hydrogen-bond donors (Lipinski definition) is 0. The van der Waals surface area contributed by atoms with Crippen LogP contribution < -0.4 is 0 Å². The van der Waals surface area contributed by atoms with E-state index in [4.69, 9.17) is 0 Å². The molecule has 0 aromatic carbocycles. The van der Waals surface area contributed by atoms with Gasteiger partial charge in [-0.25, -0.2) is 0 Å². The standard InChI is InChI=1S/C31H64/c1-9-26(3)16-11-18-28(5)20-13-22-30(7)24-15-25-31(8)23-14-21-29(6)19-12-17-27(4)10-2/h26-31H,9-25H2,1-8H3. The Bertz CT molecular complexity index is 325. The molecule has 0 aromatic heterocycles. The first kappa shape index (κ1) is 31.0. The second kappa shape index (κ2) is 20.6. The van der Waals surface area contributed by atoms with Gasteiger partial charge in [-0.2, -0.15) is 0 Å². The molecule has 0 bridgehead atoms. The van der Waals surface area contributed by atoms with Gasteiger partial charge in [0, 0.05) is 0 Å². The van der Waals surface area contributed by atoms with Crippen molar-refractivity contribution < 1.29 is 0 Å². The van der Waals surface area contributed by atoms with Crippen LogP contribution in [0.3, 0.4) is 0 Å². The first-order valence-corrected chi connectivity index (χ1v) is 14.8. The van der Waals surface area contributed by atoms with Crippen LogP contribution in [0.15, 0.2) is 0 Å². The van der Waals surface area contributed by atoms with Gasteiger partial charge in [-0.05, 0) is 35.5 Å². The van der Waals surface area contributed by atoms with Crippen LogP contribution in [0.4, 0.5) is 0 Å². The predicted molar refractivity (Wildman–Crippen MR) is 145 cm³/mol. The summed E-state index contributed by atoms with van der Waals surface area (Å²) in [5.74, 6) is 5.60. The van der Waals surface area contributed by atoms with E-state index in [-0.39, 0.29) is 0 Å². The van der Waals surface area contributed by atoms with Gasteiger partial charge < -0.3 is 0 Å². The molecule has 0 heteroatoms. The molecule has 31 heavy (non-hydrogen) atoms. The predicted octanol–water partition coefficient (Wildman–Crippen LogP) is 11.5. The molecule has 0 aromatic rings. The Morgan fingerprint density at radius 1 is 0.290 bits per heavy atom. The lowest BCUT2D eigenvalue weighted by Crippen LogP contribution is -2.02. The zero-order valence-corrected chi connectivity index (χ0v) is 23.5. The zero-order chi connectivity index (χ0) is 23.5.